The molecule has 2 atom stereocenters. The van der Waals surface area contributed by atoms with Crippen molar-refractivity contribution >= 4 is 44.7 Å². The predicted molar refractivity (Wildman–Crippen MR) is 92.9 cm³/mol. The Balaban J connectivity index is 2.61. The van der Waals surface area contributed by atoms with Gasteiger partial charge >= 0.3 is 0 Å². The molecule has 23 heavy (non-hydrogen) atoms. The normalized spacial score (nSPS) is 27.4. The Morgan fingerprint density at radius 3 is 2.30 bits per heavy atom. The second-order valence-corrected chi connectivity index (χ2v) is 8.65. The van der Waals surface area contributed by atoms with E-state index < -0.39 is 20.3 Å². The molecule has 1 aliphatic carbocycles. The van der Waals surface area contributed by atoms with Gasteiger partial charge in [-0.25, -0.2) is 0 Å². The van der Waals surface area contributed by atoms with Crippen molar-refractivity contribution in [3.05, 3.63) is 42.0 Å². The molecule has 7 heteroatoms. The van der Waals surface area contributed by atoms with Crippen molar-refractivity contribution < 1.29 is 13.2 Å². The summed E-state index contributed by atoms with van der Waals surface area (Å²) < 4.78 is 28.8. The summed E-state index contributed by atoms with van der Waals surface area (Å²) in [6, 6.07) is 7.82. The number of Topliss-reactive ketones (excluding diaryl/α,β-unsaturated/α-hetero) is 1. The Hall–Kier alpha value is -1.17. The van der Waals surface area contributed by atoms with Crippen LogP contribution in [0.25, 0.3) is 0 Å². The van der Waals surface area contributed by atoms with Gasteiger partial charge in [0.25, 0.3) is 10.0 Å². The highest BCUT2D eigenvalue weighted by Gasteiger charge is 2.45. The molecule has 124 valence electrons. The van der Waals surface area contributed by atoms with E-state index in [9.17, 15) is 13.2 Å². The Morgan fingerprint density at radius 2 is 1.78 bits per heavy atom. The minimum Gasteiger partial charge on any atom is -0.293 e. The zero-order valence-electron chi connectivity index (χ0n) is 13.0. The van der Waals surface area contributed by atoms with Gasteiger partial charge in [-0.2, -0.15) is 12.8 Å². The second-order valence-electron chi connectivity index (χ2n) is 5.82. The largest absolute Gasteiger partial charge is 0.293 e. The van der Waals surface area contributed by atoms with E-state index in [0.717, 1.165) is 0 Å². The monoisotopic (exact) mass is 373 g/mol. The molecule has 1 aromatic carbocycles. The fourth-order valence-corrected chi connectivity index (χ4v) is 3.81. The number of hydrogen-bond donors (Lipinski definition) is 0. The minimum atomic E-state index is -3.93. The Morgan fingerprint density at radius 1 is 1.22 bits per heavy atom. The van der Waals surface area contributed by atoms with Gasteiger partial charge in [-0.1, -0.05) is 32.0 Å². The van der Waals surface area contributed by atoms with Crippen LogP contribution < -0.4 is 0 Å². The van der Waals surface area contributed by atoms with E-state index in [1.807, 2.05) is 13.8 Å². The molecular weight excluding hydrogens is 357 g/mol. The zero-order chi connectivity index (χ0) is 17.4. The van der Waals surface area contributed by atoms with E-state index in [1.54, 1.807) is 18.2 Å². The Bertz CT molecular complexity index is 781. The van der Waals surface area contributed by atoms with Crippen molar-refractivity contribution in [1.29, 1.82) is 0 Å². The van der Waals surface area contributed by atoms with Gasteiger partial charge in [0, 0.05) is 5.57 Å². The van der Waals surface area contributed by atoms with Crippen molar-refractivity contribution in [2.75, 3.05) is 0 Å². The van der Waals surface area contributed by atoms with Crippen molar-refractivity contribution in [3.8, 4) is 0 Å². The number of benzene rings is 1. The minimum absolute atomic E-state index is 0.0579. The first-order chi connectivity index (χ1) is 10.6. The summed E-state index contributed by atoms with van der Waals surface area (Å²) in [6.07, 6.45) is 1.44. The van der Waals surface area contributed by atoms with Crippen molar-refractivity contribution in [2.24, 2.45) is 10.3 Å². The summed E-state index contributed by atoms with van der Waals surface area (Å²) in [6.45, 7) is 5.15. The molecular formula is C16H17Cl2NO3S. The molecule has 0 unspecified atom stereocenters. The summed E-state index contributed by atoms with van der Waals surface area (Å²) in [4.78, 5) is 10.9. The van der Waals surface area contributed by atoms with Gasteiger partial charge < -0.3 is 0 Å². The van der Waals surface area contributed by atoms with E-state index >= 15 is 0 Å². The highest BCUT2D eigenvalue weighted by Crippen LogP contribution is 2.36. The summed E-state index contributed by atoms with van der Waals surface area (Å²) in [5.74, 6) is -0.406. The molecule has 0 aromatic heterocycles. The highest BCUT2D eigenvalue weighted by atomic mass is 35.5. The van der Waals surface area contributed by atoms with E-state index in [-0.39, 0.29) is 22.3 Å². The number of allylic oxidation sites excluding steroid dienone is 2. The van der Waals surface area contributed by atoms with Crippen LogP contribution in [0.3, 0.4) is 0 Å². The van der Waals surface area contributed by atoms with Gasteiger partial charge in [-0.05, 0) is 31.1 Å². The topological polar surface area (TPSA) is 63.6 Å². The maximum atomic E-state index is 12.4. The standard InChI is InChI=1S/C16H17Cl2NO3S/c1-10(2)12-9-13(16(3,18)15(17)14(12)20)19-23(21,22)11-7-5-4-6-8-11/h4-10,15H,1-3H3/t15-,16-/m0/s1. The van der Waals surface area contributed by atoms with Gasteiger partial charge in [0.15, 0.2) is 5.78 Å². The number of sulfonamides is 1. The lowest BCUT2D eigenvalue weighted by Gasteiger charge is -2.32. The van der Waals surface area contributed by atoms with E-state index in [2.05, 4.69) is 4.40 Å². The smallest absolute Gasteiger partial charge is 0.282 e. The number of halogens is 2. The van der Waals surface area contributed by atoms with Gasteiger partial charge in [0.2, 0.25) is 0 Å². The van der Waals surface area contributed by atoms with Gasteiger partial charge in [-0.3, -0.25) is 4.79 Å². The predicted octanol–water partition coefficient (Wildman–Crippen LogP) is 3.59. The molecule has 1 aliphatic rings. The van der Waals surface area contributed by atoms with Crippen molar-refractivity contribution in [2.45, 2.75) is 35.9 Å². The molecule has 1 aromatic rings. The van der Waals surface area contributed by atoms with Crippen LogP contribution in [0.4, 0.5) is 0 Å². The van der Waals surface area contributed by atoms with Crippen LogP contribution >= 0.6 is 23.2 Å². The van der Waals surface area contributed by atoms with Crippen LogP contribution in [0.15, 0.2) is 51.3 Å². The van der Waals surface area contributed by atoms with Crippen molar-refractivity contribution in [1.82, 2.24) is 0 Å². The molecule has 0 spiro atoms. The Kier molecular flexibility index (Phi) is 5.04. The number of ketones is 1. The molecule has 0 heterocycles. The summed E-state index contributed by atoms with van der Waals surface area (Å²) in [5.41, 5.74) is 0.497. The second kappa shape index (κ2) is 6.38. The third kappa shape index (κ3) is 3.52. The third-order valence-corrected chi connectivity index (χ3v) is 6.13. The van der Waals surface area contributed by atoms with E-state index in [4.69, 9.17) is 23.2 Å². The summed E-state index contributed by atoms with van der Waals surface area (Å²) in [7, 11) is -3.93. The fourth-order valence-electron chi connectivity index (χ4n) is 2.22. The number of alkyl halides is 2. The molecule has 0 amide bonds. The van der Waals surface area contributed by atoms with Crippen LogP contribution in [0.1, 0.15) is 20.8 Å². The van der Waals surface area contributed by atoms with Crippen molar-refractivity contribution in [3.63, 3.8) is 0 Å². The number of rotatable bonds is 3. The van der Waals surface area contributed by atoms with Crippen LogP contribution in [0.2, 0.25) is 0 Å². The third-order valence-electron chi connectivity index (χ3n) is 3.67. The quantitative estimate of drug-likeness (QED) is 0.760. The Labute approximate surface area is 146 Å². The lowest BCUT2D eigenvalue weighted by atomic mass is 9.83. The zero-order valence-corrected chi connectivity index (χ0v) is 15.3. The molecule has 0 N–H and O–H groups in total. The molecule has 4 nitrogen and oxygen atoms in total. The molecule has 0 radical (unpaired) electrons. The number of carbonyl (C=O) groups is 1. The van der Waals surface area contributed by atoms with Crippen LogP contribution in [-0.4, -0.2) is 30.2 Å². The van der Waals surface area contributed by atoms with Gasteiger partial charge in [-0.15, -0.1) is 23.2 Å². The SMILES string of the molecule is CC(C)C1=CC(=NS(=O)(=O)c2ccccc2)[C@](C)(Cl)[C@@H](Cl)C1=O. The highest BCUT2D eigenvalue weighted by molar-refractivity contribution is 7.90. The lowest BCUT2D eigenvalue weighted by molar-refractivity contribution is -0.116. The first-order valence-electron chi connectivity index (χ1n) is 7.06. The summed E-state index contributed by atoms with van der Waals surface area (Å²) >= 11 is 12.5. The number of carbonyl (C=O) groups excluding carboxylic acids is 1. The number of nitrogens with zero attached hydrogens (tertiary/aromatic N) is 1. The van der Waals surface area contributed by atoms with Crippen LogP contribution in [-0.2, 0) is 14.8 Å². The molecule has 0 fully saturated rings. The molecule has 0 saturated carbocycles. The summed E-state index contributed by atoms with van der Waals surface area (Å²) in [5, 5.41) is -1.07. The average Bonchev–Trinajstić information content (AvgIpc) is 2.49. The first kappa shape index (κ1) is 18.2. The lowest BCUT2D eigenvalue weighted by Crippen LogP contribution is -2.47. The molecule has 0 saturated heterocycles. The maximum absolute atomic E-state index is 12.4. The molecule has 2 rings (SSSR count). The van der Waals surface area contributed by atoms with Gasteiger partial charge in [0.1, 0.15) is 10.3 Å². The number of hydrogen-bond acceptors (Lipinski definition) is 3. The van der Waals surface area contributed by atoms with Gasteiger partial charge in [0.05, 0.1) is 10.6 Å². The first-order valence-corrected chi connectivity index (χ1v) is 9.32. The molecule has 0 bridgehead atoms. The van der Waals surface area contributed by atoms with E-state index in [0.29, 0.717) is 5.57 Å². The van der Waals surface area contributed by atoms with E-state index in [1.165, 1.54) is 25.1 Å². The molecule has 0 aliphatic heterocycles. The average molecular weight is 374 g/mol. The fraction of sp³-hybridized carbons (Fsp3) is 0.375. The maximum Gasteiger partial charge on any atom is 0.282 e. The van der Waals surface area contributed by atoms with Crippen LogP contribution in [0, 0.1) is 5.92 Å². The van der Waals surface area contributed by atoms with Crippen LogP contribution in [0.5, 0.6) is 0 Å².